The Bertz CT molecular complexity index is 780. The standard InChI is InChI=1S/C15H14N2O2S2/c1-20-15-8-4-7-14(9-15)17-21(18,19)11-13-6-3-2-5-12(13)10-16/h2-9,17H,11H2,1H3. The Labute approximate surface area is 128 Å². The summed E-state index contributed by atoms with van der Waals surface area (Å²) in [5.41, 5.74) is 1.39. The molecule has 0 atom stereocenters. The van der Waals surface area contributed by atoms with Gasteiger partial charge in [0.2, 0.25) is 10.0 Å². The van der Waals surface area contributed by atoms with Crippen molar-refractivity contribution in [2.75, 3.05) is 11.0 Å². The smallest absolute Gasteiger partial charge is 0.236 e. The number of thioether (sulfide) groups is 1. The van der Waals surface area contributed by atoms with Crippen molar-refractivity contribution in [3.8, 4) is 6.07 Å². The van der Waals surface area contributed by atoms with Gasteiger partial charge in [-0.1, -0.05) is 24.3 Å². The van der Waals surface area contributed by atoms with Gasteiger partial charge in [-0.25, -0.2) is 8.42 Å². The largest absolute Gasteiger partial charge is 0.283 e. The number of hydrogen-bond acceptors (Lipinski definition) is 4. The predicted octanol–water partition coefficient (Wildman–Crippen LogP) is 3.22. The van der Waals surface area contributed by atoms with Crippen LogP contribution >= 0.6 is 11.8 Å². The highest BCUT2D eigenvalue weighted by Gasteiger charge is 2.14. The number of nitrogens with one attached hydrogen (secondary N) is 1. The molecule has 0 unspecified atom stereocenters. The highest BCUT2D eigenvalue weighted by molar-refractivity contribution is 7.98. The molecule has 1 N–H and O–H groups in total. The highest BCUT2D eigenvalue weighted by atomic mass is 32.2. The normalized spacial score (nSPS) is 10.9. The fraction of sp³-hybridized carbons (Fsp3) is 0.133. The molecule has 0 aliphatic carbocycles. The maximum atomic E-state index is 12.2. The zero-order chi connectivity index (χ0) is 15.3. The number of anilines is 1. The van der Waals surface area contributed by atoms with E-state index in [1.165, 1.54) is 0 Å². The molecule has 2 aromatic rings. The first-order chi connectivity index (χ1) is 10.0. The summed E-state index contributed by atoms with van der Waals surface area (Å²) >= 11 is 1.54. The van der Waals surface area contributed by atoms with Crippen LogP contribution in [0.3, 0.4) is 0 Å². The second-order valence-electron chi connectivity index (χ2n) is 4.36. The Morgan fingerprint density at radius 1 is 1.19 bits per heavy atom. The lowest BCUT2D eigenvalue weighted by Crippen LogP contribution is -2.15. The fourth-order valence-electron chi connectivity index (χ4n) is 1.86. The fourth-order valence-corrected chi connectivity index (χ4v) is 3.54. The second kappa shape index (κ2) is 6.66. The Kier molecular flexibility index (Phi) is 4.89. The van der Waals surface area contributed by atoms with E-state index in [1.807, 2.05) is 18.4 Å². The molecule has 0 saturated heterocycles. The highest BCUT2D eigenvalue weighted by Crippen LogP contribution is 2.21. The van der Waals surface area contributed by atoms with Crippen LogP contribution in [0.15, 0.2) is 53.4 Å². The second-order valence-corrected chi connectivity index (χ2v) is 6.96. The first-order valence-corrected chi connectivity index (χ1v) is 9.04. The molecule has 108 valence electrons. The molecule has 0 aliphatic heterocycles. The van der Waals surface area contributed by atoms with E-state index in [2.05, 4.69) is 4.72 Å². The average molecular weight is 318 g/mol. The van der Waals surface area contributed by atoms with Gasteiger partial charge in [-0.05, 0) is 36.1 Å². The molecule has 2 rings (SSSR count). The van der Waals surface area contributed by atoms with E-state index in [0.29, 0.717) is 16.8 Å². The van der Waals surface area contributed by atoms with Gasteiger partial charge in [-0.3, -0.25) is 4.72 Å². The van der Waals surface area contributed by atoms with Gasteiger partial charge in [0.1, 0.15) is 0 Å². The summed E-state index contributed by atoms with van der Waals surface area (Å²) in [4.78, 5) is 0.979. The van der Waals surface area contributed by atoms with Crippen LogP contribution in [0, 0.1) is 11.3 Å². The number of hydrogen-bond donors (Lipinski definition) is 1. The molecule has 21 heavy (non-hydrogen) atoms. The van der Waals surface area contributed by atoms with Gasteiger partial charge in [0.25, 0.3) is 0 Å². The number of nitriles is 1. The first kappa shape index (κ1) is 15.4. The Balaban J connectivity index is 2.21. The molecule has 4 nitrogen and oxygen atoms in total. The van der Waals surface area contributed by atoms with Crippen molar-refractivity contribution in [3.05, 3.63) is 59.7 Å². The zero-order valence-electron chi connectivity index (χ0n) is 11.4. The molecule has 0 spiro atoms. The number of nitrogens with zero attached hydrogens (tertiary/aromatic N) is 1. The van der Waals surface area contributed by atoms with Gasteiger partial charge >= 0.3 is 0 Å². The third kappa shape index (κ3) is 4.25. The maximum Gasteiger partial charge on any atom is 0.236 e. The maximum absolute atomic E-state index is 12.2. The van der Waals surface area contributed by atoms with Crippen LogP contribution in [0.25, 0.3) is 0 Å². The van der Waals surface area contributed by atoms with Crippen LogP contribution in [0.5, 0.6) is 0 Å². The molecular weight excluding hydrogens is 304 g/mol. The van der Waals surface area contributed by atoms with E-state index in [9.17, 15) is 8.42 Å². The first-order valence-electron chi connectivity index (χ1n) is 6.16. The molecule has 0 bridgehead atoms. The summed E-state index contributed by atoms with van der Waals surface area (Å²) in [7, 11) is -3.56. The van der Waals surface area contributed by atoms with Crippen LogP contribution in [0.1, 0.15) is 11.1 Å². The van der Waals surface area contributed by atoms with Crippen molar-refractivity contribution in [2.24, 2.45) is 0 Å². The summed E-state index contributed by atoms with van der Waals surface area (Å²) in [6, 6.07) is 15.9. The van der Waals surface area contributed by atoms with E-state index in [0.717, 1.165) is 4.90 Å². The lowest BCUT2D eigenvalue weighted by atomic mass is 10.1. The molecule has 0 amide bonds. The van der Waals surface area contributed by atoms with E-state index >= 15 is 0 Å². The summed E-state index contributed by atoms with van der Waals surface area (Å²) in [6.07, 6.45) is 1.93. The summed E-state index contributed by atoms with van der Waals surface area (Å²) in [6.45, 7) is 0. The zero-order valence-corrected chi connectivity index (χ0v) is 13.0. The van der Waals surface area contributed by atoms with Crippen molar-refractivity contribution in [3.63, 3.8) is 0 Å². The number of rotatable bonds is 5. The van der Waals surface area contributed by atoms with Gasteiger partial charge < -0.3 is 0 Å². The van der Waals surface area contributed by atoms with Crippen LogP contribution < -0.4 is 4.72 Å². The molecule has 0 fully saturated rings. The van der Waals surface area contributed by atoms with Crippen LogP contribution in [0.2, 0.25) is 0 Å². The van der Waals surface area contributed by atoms with Crippen molar-refractivity contribution >= 4 is 27.5 Å². The molecule has 0 aromatic heterocycles. The average Bonchev–Trinajstić information content (AvgIpc) is 2.47. The third-order valence-electron chi connectivity index (χ3n) is 2.83. The van der Waals surface area contributed by atoms with Crippen molar-refractivity contribution in [2.45, 2.75) is 10.6 Å². The molecular formula is C15H14N2O2S2. The Morgan fingerprint density at radius 2 is 1.95 bits per heavy atom. The minimum Gasteiger partial charge on any atom is -0.283 e. The topological polar surface area (TPSA) is 70.0 Å². The molecule has 0 aliphatic rings. The van der Waals surface area contributed by atoms with E-state index in [1.54, 1.807) is 54.2 Å². The quantitative estimate of drug-likeness (QED) is 0.859. The summed E-state index contributed by atoms with van der Waals surface area (Å²) < 4.78 is 27.0. The van der Waals surface area contributed by atoms with Crippen LogP contribution in [-0.4, -0.2) is 14.7 Å². The third-order valence-corrected chi connectivity index (χ3v) is 4.79. The SMILES string of the molecule is CSc1cccc(NS(=O)(=O)Cc2ccccc2C#N)c1. The lowest BCUT2D eigenvalue weighted by Gasteiger charge is -2.09. The molecule has 0 radical (unpaired) electrons. The van der Waals surface area contributed by atoms with Gasteiger partial charge in [0.15, 0.2) is 0 Å². The van der Waals surface area contributed by atoms with Gasteiger partial charge in [-0.2, -0.15) is 5.26 Å². The van der Waals surface area contributed by atoms with Crippen molar-refractivity contribution < 1.29 is 8.42 Å². The van der Waals surface area contributed by atoms with Gasteiger partial charge in [0.05, 0.1) is 17.4 Å². The van der Waals surface area contributed by atoms with E-state index in [-0.39, 0.29) is 5.75 Å². The van der Waals surface area contributed by atoms with Crippen molar-refractivity contribution in [1.82, 2.24) is 0 Å². The Morgan fingerprint density at radius 3 is 2.67 bits per heavy atom. The van der Waals surface area contributed by atoms with Crippen LogP contribution in [0.4, 0.5) is 5.69 Å². The van der Waals surface area contributed by atoms with Gasteiger partial charge in [-0.15, -0.1) is 11.8 Å². The van der Waals surface area contributed by atoms with Crippen LogP contribution in [-0.2, 0) is 15.8 Å². The predicted molar refractivity (Wildman–Crippen MR) is 85.6 cm³/mol. The summed E-state index contributed by atoms with van der Waals surface area (Å²) in [5.74, 6) is -0.222. The molecule has 6 heteroatoms. The minimum atomic E-state index is -3.56. The summed E-state index contributed by atoms with van der Waals surface area (Å²) in [5, 5.41) is 9.01. The van der Waals surface area contributed by atoms with E-state index < -0.39 is 10.0 Å². The Hall–Kier alpha value is -1.97. The molecule has 0 heterocycles. The molecule has 2 aromatic carbocycles. The lowest BCUT2D eigenvalue weighted by molar-refractivity contribution is 0.600. The van der Waals surface area contributed by atoms with Gasteiger partial charge in [0, 0.05) is 10.6 Å². The number of sulfonamides is 1. The van der Waals surface area contributed by atoms with E-state index in [4.69, 9.17) is 5.26 Å². The molecule has 0 saturated carbocycles. The monoisotopic (exact) mass is 318 g/mol. The minimum absolute atomic E-state index is 0.222. The van der Waals surface area contributed by atoms with Crippen molar-refractivity contribution in [1.29, 1.82) is 5.26 Å². The number of benzene rings is 2.